The summed E-state index contributed by atoms with van der Waals surface area (Å²) in [4.78, 5) is 38.3. The molecule has 0 bridgehead atoms. The van der Waals surface area contributed by atoms with Crippen LogP contribution in [-0.2, 0) is 28.6 Å². The zero-order chi connectivity index (χ0) is 52.2. The van der Waals surface area contributed by atoms with Gasteiger partial charge >= 0.3 is 17.9 Å². The molecule has 0 aromatic carbocycles. The monoisotopic (exact) mass is 999 g/mol. The van der Waals surface area contributed by atoms with Gasteiger partial charge in [-0.1, -0.05) is 284 Å². The first-order valence-electron chi connectivity index (χ1n) is 30.0. The summed E-state index contributed by atoms with van der Waals surface area (Å²) in [6.45, 7) is 6.43. The Morgan fingerprint density at radius 2 is 0.625 bits per heavy atom. The first-order valence-corrected chi connectivity index (χ1v) is 30.0. The number of allylic oxidation sites excluding steroid dienone is 18. The highest BCUT2D eigenvalue weighted by Gasteiger charge is 2.19. The van der Waals surface area contributed by atoms with Gasteiger partial charge in [0.05, 0.1) is 0 Å². The molecule has 0 saturated heterocycles. The normalized spacial score (nSPS) is 12.9. The Balaban J connectivity index is 4.47. The maximum atomic E-state index is 12.9. The molecule has 72 heavy (non-hydrogen) atoms. The fourth-order valence-corrected chi connectivity index (χ4v) is 8.17. The van der Waals surface area contributed by atoms with Crippen LogP contribution in [0.3, 0.4) is 0 Å². The van der Waals surface area contributed by atoms with Crippen molar-refractivity contribution >= 4 is 17.9 Å². The van der Waals surface area contributed by atoms with Crippen molar-refractivity contribution in [2.75, 3.05) is 13.2 Å². The van der Waals surface area contributed by atoms with Crippen LogP contribution in [0.1, 0.15) is 271 Å². The van der Waals surface area contributed by atoms with Crippen molar-refractivity contribution in [3.8, 4) is 0 Å². The average Bonchev–Trinajstić information content (AvgIpc) is 3.38. The van der Waals surface area contributed by atoms with E-state index in [1.807, 2.05) is 24.3 Å². The number of carbonyl (C=O) groups excluding carboxylic acids is 3. The molecule has 0 heterocycles. The molecule has 0 spiro atoms. The molecule has 0 rings (SSSR count). The van der Waals surface area contributed by atoms with Gasteiger partial charge in [0.1, 0.15) is 13.2 Å². The van der Waals surface area contributed by atoms with Crippen LogP contribution in [0.2, 0.25) is 0 Å². The second-order valence-corrected chi connectivity index (χ2v) is 19.7. The first kappa shape index (κ1) is 68.1. The third kappa shape index (κ3) is 57.0. The van der Waals surface area contributed by atoms with E-state index in [1.54, 1.807) is 0 Å². The lowest BCUT2D eigenvalue weighted by molar-refractivity contribution is -0.167. The van der Waals surface area contributed by atoms with Gasteiger partial charge in [-0.3, -0.25) is 14.4 Å². The van der Waals surface area contributed by atoms with Crippen molar-refractivity contribution in [3.63, 3.8) is 0 Å². The number of carbonyl (C=O) groups is 3. The van der Waals surface area contributed by atoms with Crippen LogP contribution in [0.25, 0.3) is 0 Å². The summed E-state index contributed by atoms with van der Waals surface area (Å²) in [5.41, 5.74) is 0. The lowest BCUT2D eigenvalue weighted by Crippen LogP contribution is -2.30. The SMILES string of the molecule is CC/C=C\C/C=C\C/C=C\C/C=C\CCCCCCCCC(=O)OCC(COC(=O)CCCCCCCCCCCCCCCCCCC)OC(=O)CCCCCCC\C=C/C=C\C=C/C=C\C=C/CCC. The quantitative estimate of drug-likeness (QED) is 0.0199. The molecular weight excluding hydrogens is 889 g/mol. The van der Waals surface area contributed by atoms with Gasteiger partial charge in [-0.2, -0.15) is 0 Å². The molecule has 0 aliphatic carbocycles. The molecule has 410 valence electrons. The maximum Gasteiger partial charge on any atom is 0.306 e. The molecule has 0 fully saturated rings. The van der Waals surface area contributed by atoms with Gasteiger partial charge in [-0.15, -0.1) is 0 Å². The van der Waals surface area contributed by atoms with Crippen LogP contribution in [0.4, 0.5) is 0 Å². The average molecular weight is 1000 g/mol. The molecule has 0 aromatic rings. The second-order valence-electron chi connectivity index (χ2n) is 19.7. The largest absolute Gasteiger partial charge is 0.462 e. The molecule has 0 radical (unpaired) electrons. The summed E-state index contributed by atoms with van der Waals surface area (Å²) in [5.74, 6) is -0.926. The Morgan fingerprint density at radius 3 is 1.03 bits per heavy atom. The topological polar surface area (TPSA) is 78.9 Å². The molecule has 0 aliphatic rings. The van der Waals surface area contributed by atoms with E-state index in [4.69, 9.17) is 14.2 Å². The Morgan fingerprint density at radius 1 is 0.306 bits per heavy atom. The highest BCUT2D eigenvalue weighted by molar-refractivity contribution is 5.71. The fourth-order valence-electron chi connectivity index (χ4n) is 8.17. The Hall–Kier alpha value is -3.93. The molecule has 0 N–H and O–H groups in total. The number of esters is 3. The first-order chi connectivity index (χ1) is 35.5. The highest BCUT2D eigenvalue weighted by atomic mass is 16.6. The number of hydrogen-bond donors (Lipinski definition) is 0. The van der Waals surface area contributed by atoms with E-state index >= 15 is 0 Å². The van der Waals surface area contributed by atoms with Gasteiger partial charge in [0.25, 0.3) is 0 Å². The lowest BCUT2D eigenvalue weighted by atomic mass is 10.0. The van der Waals surface area contributed by atoms with Crippen LogP contribution in [0.5, 0.6) is 0 Å². The maximum absolute atomic E-state index is 12.9. The summed E-state index contributed by atoms with van der Waals surface area (Å²) in [6, 6.07) is 0. The predicted octanol–water partition coefficient (Wildman–Crippen LogP) is 20.3. The molecule has 1 atom stereocenters. The molecule has 6 nitrogen and oxygen atoms in total. The number of hydrogen-bond acceptors (Lipinski definition) is 6. The smallest absolute Gasteiger partial charge is 0.306 e. The van der Waals surface area contributed by atoms with Crippen molar-refractivity contribution in [1.82, 2.24) is 0 Å². The van der Waals surface area contributed by atoms with Crippen LogP contribution < -0.4 is 0 Å². The van der Waals surface area contributed by atoms with E-state index in [0.29, 0.717) is 19.3 Å². The standard InChI is InChI=1S/C66H110O6/c1-4-7-10-13-16-19-22-25-28-31-33-36-38-41-44-47-50-53-56-59-65(68)71-62-63(61-70-64(67)58-55-52-49-46-43-40-37-34-30-27-24-21-18-15-12-9-6-3)72-66(69)60-57-54-51-48-45-42-39-35-32-29-26-23-20-17-14-11-8-5-2/h7,10-11,14,16-17,19-20,23,25-26,28-29,32-33,35-36,39,63H,4-6,8-9,12-13,15,18,21-22,24,27,30-31,34,37-38,40-62H2,1-3H3/b10-7-,14-11-,19-16-,20-17-,26-23-,28-25-,32-29-,36-33-,39-35-. The lowest BCUT2D eigenvalue weighted by Gasteiger charge is -2.18. The van der Waals surface area contributed by atoms with Crippen LogP contribution in [-0.4, -0.2) is 37.2 Å². The van der Waals surface area contributed by atoms with Crippen molar-refractivity contribution < 1.29 is 28.6 Å². The van der Waals surface area contributed by atoms with Crippen molar-refractivity contribution in [2.45, 2.75) is 277 Å². The number of rotatable bonds is 53. The third-order valence-corrected chi connectivity index (χ3v) is 12.6. The van der Waals surface area contributed by atoms with Crippen LogP contribution in [0, 0.1) is 0 Å². The second kappa shape index (κ2) is 59.6. The third-order valence-electron chi connectivity index (χ3n) is 12.6. The summed E-state index contributed by atoms with van der Waals surface area (Å²) >= 11 is 0. The molecule has 1 unspecified atom stereocenters. The van der Waals surface area contributed by atoms with E-state index in [1.165, 1.54) is 109 Å². The van der Waals surface area contributed by atoms with Gasteiger partial charge in [0, 0.05) is 19.3 Å². The van der Waals surface area contributed by atoms with Gasteiger partial charge in [0.2, 0.25) is 0 Å². The zero-order valence-electron chi connectivity index (χ0n) is 46.9. The van der Waals surface area contributed by atoms with E-state index in [-0.39, 0.29) is 31.1 Å². The van der Waals surface area contributed by atoms with Crippen LogP contribution in [0.15, 0.2) is 109 Å². The van der Waals surface area contributed by atoms with Crippen LogP contribution >= 0.6 is 0 Å². The minimum atomic E-state index is -0.799. The Labute approximate surface area is 444 Å². The minimum absolute atomic E-state index is 0.0928. The molecular formula is C66H110O6. The van der Waals surface area contributed by atoms with E-state index < -0.39 is 6.10 Å². The fraction of sp³-hybridized carbons (Fsp3) is 0.682. The molecule has 6 heteroatoms. The summed E-state index contributed by atoms with van der Waals surface area (Å²) in [7, 11) is 0. The summed E-state index contributed by atoms with van der Waals surface area (Å²) in [5, 5.41) is 0. The number of ether oxygens (including phenoxy) is 3. The highest BCUT2D eigenvalue weighted by Crippen LogP contribution is 2.16. The molecule has 0 aliphatic heterocycles. The van der Waals surface area contributed by atoms with Gasteiger partial charge in [-0.05, 0) is 77.0 Å². The molecule has 0 saturated carbocycles. The predicted molar refractivity (Wildman–Crippen MR) is 311 cm³/mol. The molecule has 0 amide bonds. The van der Waals surface area contributed by atoms with Gasteiger partial charge < -0.3 is 14.2 Å². The van der Waals surface area contributed by atoms with E-state index in [2.05, 4.69) is 106 Å². The summed E-state index contributed by atoms with van der Waals surface area (Å²) < 4.78 is 16.9. The molecule has 0 aromatic heterocycles. The van der Waals surface area contributed by atoms with Gasteiger partial charge in [0.15, 0.2) is 6.10 Å². The van der Waals surface area contributed by atoms with Gasteiger partial charge in [-0.25, -0.2) is 0 Å². The summed E-state index contributed by atoms with van der Waals surface area (Å²) in [6.07, 6.45) is 80.7. The van der Waals surface area contributed by atoms with Crippen molar-refractivity contribution in [2.24, 2.45) is 0 Å². The van der Waals surface area contributed by atoms with Crippen molar-refractivity contribution in [1.29, 1.82) is 0 Å². The van der Waals surface area contributed by atoms with E-state index in [0.717, 1.165) is 122 Å². The Bertz CT molecular complexity index is 1470. The van der Waals surface area contributed by atoms with Crippen molar-refractivity contribution in [3.05, 3.63) is 109 Å². The zero-order valence-corrected chi connectivity index (χ0v) is 46.9. The van der Waals surface area contributed by atoms with E-state index in [9.17, 15) is 14.4 Å². The Kier molecular flexibility index (Phi) is 56.4. The minimum Gasteiger partial charge on any atom is -0.462 e. The number of unbranched alkanes of at least 4 members (excludes halogenated alkanes) is 28.